The Balaban J connectivity index is 1.84. The van der Waals surface area contributed by atoms with Crippen molar-refractivity contribution in [1.82, 2.24) is 4.90 Å². The molecule has 2 aromatic carbocycles. The first-order valence-electron chi connectivity index (χ1n) is 8.11. The van der Waals surface area contributed by atoms with E-state index >= 15 is 0 Å². The van der Waals surface area contributed by atoms with Crippen LogP contribution in [0.25, 0.3) is 0 Å². The molecule has 0 unspecified atom stereocenters. The molecule has 1 atom stereocenters. The average Bonchev–Trinajstić information content (AvgIpc) is 2.63. The number of amidine groups is 1. The number of hydrogen-bond donors (Lipinski definition) is 1. The smallest absolute Gasteiger partial charge is 0.317 e. The number of amides is 1. The number of carboxylic acids is 1. The molecule has 1 amide bonds. The maximum absolute atomic E-state index is 12.5. The third-order valence-electron chi connectivity index (χ3n) is 3.93. The van der Waals surface area contributed by atoms with Crippen molar-refractivity contribution in [2.75, 3.05) is 6.54 Å². The minimum atomic E-state index is -1.00. The summed E-state index contributed by atoms with van der Waals surface area (Å²) in [5.74, 6) is -1.23. The Morgan fingerprint density at radius 1 is 1.19 bits per heavy atom. The van der Waals surface area contributed by atoms with Crippen molar-refractivity contribution in [3.8, 4) is 0 Å². The summed E-state index contributed by atoms with van der Waals surface area (Å²) in [5.41, 5.74) is 1.73. The minimum Gasteiger partial charge on any atom is -0.480 e. The van der Waals surface area contributed by atoms with Crippen LogP contribution in [0.4, 0.5) is 5.69 Å². The second-order valence-electron chi connectivity index (χ2n) is 5.80. The number of carbonyl (C=O) groups is 2. The second kappa shape index (κ2) is 8.38. The van der Waals surface area contributed by atoms with Gasteiger partial charge in [0.15, 0.2) is 5.17 Å². The monoisotopic (exact) mass is 388 g/mol. The number of thioether (sulfide) groups is 1. The molecular weight excluding hydrogens is 372 g/mol. The molecule has 3 rings (SSSR count). The number of hydrogen-bond acceptors (Lipinski definition) is 4. The zero-order valence-corrected chi connectivity index (χ0v) is 15.4. The number of benzene rings is 2. The summed E-state index contributed by atoms with van der Waals surface area (Å²) in [7, 11) is 0. The van der Waals surface area contributed by atoms with E-state index in [2.05, 4.69) is 4.99 Å². The summed E-state index contributed by atoms with van der Waals surface area (Å²) < 4.78 is 0. The van der Waals surface area contributed by atoms with Crippen LogP contribution in [0.15, 0.2) is 59.6 Å². The fraction of sp³-hybridized carbons (Fsp3) is 0.211. The lowest BCUT2D eigenvalue weighted by Gasteiger charge is -2.30. The molecule has 1 aliphatic heterocycles. The van der Waals surface area contributed by atoms with Crippen molar-refractivity contribution >= 4 is 46.1 Å². The Kier molecular flexibility index (Phi) is 5.96. The maximum Gasteiger partial charge on any atom is 0.317 e. The number of rotatable bonds is 5. The largest absolute Gasteiger partial charge is 0.480 e. The van der Waals surface area contributed by atoms with Gasteiger partial charge in [-0.15, -0.1) is 0 Å². The summed E-state index contributed by atoms with van der Waals surface area (Å²) in [5, 5.41) is 9.49. The van der Waals surface area contributed by atoms with Crippen LogP contribution in [0.1, 0.15) is 12.0 Å². The Labute approximate surface area is 160 Å². The van der Waals surface area contributed by atoms with Gasteiger partial charge in [-0.1, -0.05) is 53.7 Å². The van der Waals surface area contributed by atoms with E-state index in [1.54, 1.807) is 29.2 Å². The van der Waals surface area contributed by atoms with Gasteiger partial charge in [-0.25, -0.2) is 4.99 Å². The summed E-state index contributed by atoms with van der Waals surface area (Å²) in [6.45, 7) is 0.453. The SMILES string of the molecule is O=C(O)[C@H]1CC(=O)N(CCc2ccccc2)C(=Nc2ccc(Cl)cc2)S1. The van der Waals surface area contributed by atoms with Gasteiger partial charge in [0, 0.05) is 11.6 Å². The lowest BCUT2D eigenvalue weighted by Crippen LogP contribution is -2.44. The van der Waals surface area contributed by atoms with E-state index in [1.165, 1.54) is 0 Å². The van der Waals surface area contributed by atoms with E-state index in [4.69, 9.17) is 11.6 Å². The van der Waals surface area contributed by atoms with E-state index in [0.717, 1.165) is 17.3 Å². The van der Waals surface area contributed by atoms with E-state index in [1.807, 2.05) is 30.3 Å². The summed E-state index contributed by atoms with van der Waals surface area (Å²) in [6, 6.07) is 16.7. The number of nitrogens with zero attached hydrogens (tertiary/aromatic N) is 2. The minimum absolute atomic E-state index is 0.0333. The zero-order chi connectivity index (χ0) is 18.5. The third kappa shape index (κ3) is 4.65. The van der Waals surface area contributed by atoms with Crippen LogP contribution < -0.4 is 0 Å². The van der Waals surface area contributed by atoms with Crippen LogP contribution in [0.3, 0.4) is 0 Å². The molecule has 2 aromatic rings. The molecule has 1 aliphatic rings. The van der Waals surface area contributed by atoms with Gasteiger partial charge < -0.3 is 5.11 Å². The van der Waals surface area contributed by atoms with E-state index < -0.39 is 11.2 Å². The van der Waals surface area contributed by atoms with Gasteiger partial charge in [0.1, 0.15) is 5.25 Å². The predicted molar refractivity (Wildman–Crippen MR) is 104 cm³/mol. The first-order chi connectivity index (χ1) is 12.5. The molecule has 1 fully saturated rings. The Bertz CT molecular complexity index is 824. The fourth-order valence-electron chi connectivity index (χ4n) is 2.56. The average molecular weight is 389 g/mol. The molecule has 7 heteroatoms. The molecule has 1 heterocycles. The van der Waals surface area contributed by atoms with Crippen molar-refractivity contribution < 1.29 is 14.7 Å². The fourth-order valence-corrected chi connectivity index (χ4v) is 3.75. The van der Waals surface area contributed by atoms with Gasteiger partial charge in [-0.3, -0.25) is 14.5 Å². The normalized spacial score (nSPS) is 19.0. The van der Waals surface area contributed by atoms with Crippen molar-refractivity contribution in [1.29, 1.82) is 0 Å². The van der Waals surface area contributed by atoms with Crippen LogP contribution in [0.2, 0.25) is 5.02 Å². The van der Waals surface area contributed by atoms with Crippen LogP contribution >= 0.6 is 23.4 Å². The number of aliphatic carboxylic acids is 1. The molecule has 0 aromatic heterocycles. The van der Waals surface area contributed by atoms with Gasteiger partial charge in [0.25, 0.3) is 0 Å². The first kappa shape index (κ1) is 18.5. The van der Waals surface area contributed by atoms with Crippen LogP contribution in [0, 0.1) is 0 Å². The van der Waals surface area contributed by atoms with Gasteiger partial charge in [-0.2, -0.15) is 0 Å². The summed E-state index contributed by atoms with van der Waals surface area (Å²) in [6.07, 6.45) is 0.638. The summed E-state index contributed by atoms with van der Waals surface area (Å²) >= 11 is 7.00. The highest BCUT2D eigenvalue weighted by atomic mass is 35.5. The molecule has 0 saturated carbocycles. The quantitative estimate of drug-likeness (QED) is 0.840. The standard InChI is InChI=1S/C19H17ClN2O3S/c20-14-6-8-15(9-7-14)21-19-22(11-10-13-4-2-1-3-5-13)17(23)12-16(26-19)18(24)25/h1-9,16H,10-12H2,(H,24,25)/t16-/m1/s1. The highest BCUT2D eigenvalue weighted by Gasteiger charge is 2.35. The molecule has 1 N–H and O–H groups in total. The Morgan fingerprint density at radius 2 is 1.88 bits per heavy atom. The third-order valence-corrected chi connectivity index (χ3v) is 5.36. The highest BCUT2D eigenvalue weighted by Crippen LogP contribution is 2.29. The molecular formula is C19H17ClN2O3S. The molecule has 0 spiro atoms. The van der Waals surface area contributed by atoms with Crippen molar-refractivity contribution in [3.63, 3.8) is 0 Å². The predicted octanol–water partition coefficient (Wildman–Crippen LogP) is 3.99. The summed E-state index contributed by atoms with van der Waals surface area (Å²) in [4.78, 5) is 30.0. The lowest BCUT2D eigenvalue weighted by atomic mass is 10.1. The Morgan fingerprint density at radius 3 is 2.54 bits per heavy atom. The van der Waals surface area contributed by atoms with Gasteiger partial charge in [0.05, 0.1) is 12.1 Å². The number of carbonyl (C=O) groups excluding carboxylic acids is 1. The van der Waals surface area contributed by atoms with E-state index in [-0.39, 0.29) is 12.3 Å². The van der Waals surface area contributed by atoms with Crippen molar-refractivity contribution in [3.05, 3.63) is 65.2 Å². The molecule has 26 heavy (non-hydrogen) atoms. The number of carboxylic acid groups (broad SMARTS) is 1. The van der Waals surface area contributed by atoms with Crippen LogP contribution in [-0.2, 0) is 16.0 Å². The number of halogens is 1. The van der Waals surface area contributed by atoms with Gasteiger partial charge >= 0.3 is 5.97 Å². The van der Waals surface area contributed by atoms with E-state index in [9.17, 15) is 14.7 Å². The van der Waals surface area contributed by atoms with Gasteiger partial charge in [0.2, 0.25) is 5.91 Å². The lowest BCUT2D eigenvalue weighted by molar-refractivity contribution is -0.139. The first-order valence-corrected chi connectivity index (χ1v) is 9.37. The Hall–Kier alpha value is -2.31. The zero-order valence-electron chi connectivity index (χ0n) is 13.8. The topological polar surface area (TPSA) is 70.0 Å². The van der Waals surface area contributed by atoms with E-state index in [0.29, 0.717) is 28.8 Å². The molecule has 5 nitrogen and oxygen atoms in total. The van der Waals surface area contributed by atoms with Gasteiger partial charge in [-0.05, 0) is 36.2 Å². The molecule has 1 saturated heterocycles. The van der Waals surface area contributed by atoms with Crippen LogP contribution in [-0.4, -0.2) is 38.8 Å². The van der Waals surface area contributed by atoms with Crippen molar-refractivity contribution in [2.45, 2.75) is 18.1 Å². The maximum atomic E-state index is 12.5. The van der Waals surface area contributed by atoms with Crippen LogP contribution in [0.5, 0.6) is 0 Å². The molecule has 134 valence electrons. The molecule has 0 radical (unpaired) electrons. The second-order valence-corrected chi connectivity index (χ2v) is 7.41. The van der Waals surface area contributed by atoms with Crippen molar-refractivity contribution in [2.24, 2.45) is 4.99 Å². The highest BCUT2D eigenvalue weighted by molar-refractivity contribution is 8.15. The molecule has 0 aliphatic carbocycles. The number of aliphatic imine (C=N–C) groups is 1. The molecule has 0 bridgehead atoms.